The van der Waals surface area contributed by atoms with E-state index in [1.54, 1.807) is 0 Å². The molecule has 4 nitrogen and oxygen atoms in total. The minimum absolute atomic E-state index is 0.0815. The molecule has 1 rings (SSSR count). The molecule has 0 aromatic carbocycles. The lowest BCUT2D eigenvalue weighted by Gasteiger charge is -2.11. The standard InChI is InChI=1S/C7H4ClF3INO3S/c1-3-2-4(17(8,14)15)5(12)13-6(3)16-7(9,10)11/h2H,1H3. The third-order valence-corrected chi connectivity index (χ3v) is 4.09. The molecule has 0 bridgehead atoms. The quantitative estimate of drug-likeness (QED) is 0.434. The Balaban J connectivity index is 3.29. The zero-order chi connectivity index (χ0) is 13.4. The van der Waals surface area contributed by atoms with Crippen LogP contribution in [0.3, 0.4) is 0 Å². The molecule has 96 valence electrons. The van der Waals surface area contributed by atoms with Gasteiger partial charge in [-0.05, 0) is 35.6 Å². The number of nitrogens with zero attached hydrogens (tertiary/aromatic N) is 1. The number of hydrogen-bond donors (Lipinski definition) is 0. The second kappa shape index (κ2) is 4.76. The van der Waals surface area contributed by atoms with Crippen molar-refractivity contribution in [2.24, 2.45) is 0 Å². The minimum atomic E-state index is -4.89. The fourth-order valence-corrected chi connectivity index (χ4v) is 3.49. The maximum atomic E-state index is 12.0. The van der Waals surface area contributed by atoms with Gasteiger partial charge >= 0.3 is 6.36 Å². The highest BCUT2D eigenvalue weighted by molar-refractivity contribution is 14.1. The van der Waals surface area contributed by atoms with Crippen LogP contribution in [0.15, 0.2) is 11.0 Å². The molecule has 0 unspecified atom stereocenters. The van der Waals surface area contributed by atoms with Crippen molar-refractivity contribution in [1.82, 2.24) is 4.98 Å². The molecular weight excluding hydrogens is 397 g/mol. The Morgan fingerprint density at radius 1 is 1.47 bits per heavy atom. The first kappa shape index (κ1) is 14.8. The minimum Gasteiger partial charge on any atom is -0.388 e. The zero-order valence-corrected chi connectivity index (χ0v) is 11.8. The Morgan fingerprint density at radius 2 is 2.00 bits per heavy atom. The summed E-state index contributed by atoms with van der Waals surface area (Å²) in [7, 11) is 1.03. The molecular formula is C7H4ClF3INO3S. The van der Waals surface area contributed by atoms with Gasteiger partial charge in [-0.2, -0.15) is 0 Å². The maximum Gasteiger partial charge on any atom is 0.574 e. The molecule has 0 N–H and O–H groups in total. The van der Waals surface area contributed by atoms with E-state index < -0.39 is 21.3 Å². The number of aromatic nitrogens is 1. The summed E-state index contributed by atoms with van der Waals surface area (Å²) in [6.07, 6.45) is -4.89. The molecule has 0 aliphatic heterocycles. The van der Waals surface area contributed by atoms with Gasteiger partial charge in [0.05, 0.1) is 0 Å². The summed E-state index contributed by atoms with van der Waals surface area (Å²) in [5.74, 6) is -0.703. The van der Waals surface area contributed by atoms with Crippen LogP contribution in [0.1, 0.15) is 5.56 Å². The smallest absolute Gasteiger partial charge is 0.388 e. The van der Waals surface area contributed by atoms with Crippen LogP contribution >= 0.6 is 33.3 Å². The number of ether oxygens (including phenoxy) is 1. The lowest BCUT2D eigenvalue weighted by molar-refractivity contribution is -0.276. The van der Waals surface area contributed by atoms with E-state index in [4.69, 9.17) is 10.7 Å². The fourth-order valence-electron chi connectivity index (χ4n) is 0.934. The summed E-state index contributed by atoms with van der Waals surface area (Å²) in [5, 5.41) is 0. The van der Waals surface area contributed by atoms with Gasteiger partial charge in [0.15, 0.2) is 0 Å². The molecule has 0 saturated carbocycles. The molecule has 10 heteroatoms. The molecule has 0 amide bonds. The topological polar surface area (TPSA) is 56.3 Å². The number of rotatable bonds is 2. The largest absolute Gasteiger partial charge is 0.574 e. The van der Waals surface area contributed by atoms with Gasteiger partial charge in [0.25, 0.3) is 9.05 Å². The van der Waals surface area contributed by atoms with Crippen molar-refractivity contribution in [3.8, 4) is 5.88 Å². The molecule has 1 heterocycles. The van der Waals surface area contributed by atoms with Gasteiger partial charge in [-0.1, -0.05) is 0 Å². The molecule has 0 radical (unpaired) electrons. The van der Waals surface area contributed by atoms with Crippen LogP contribution in [-0.4, -0.2) is 19.8 Å². The number of pyridine rings is 1. The first-order valence-electron chi connectivity index (χ1n) is 3.88. The van der Waals surface area contributed by atoms with E-state index in [2.05, 4.69) is 9.72 Å². The zero-order valence-electron chi connectivity index (χ0n) is 8.05. The Labute approximate surface area is 113 Å². The third-order valence-electron chi connectivity index (χ3n) is 1.56. The van der Waals surface area contributed by atoms with Gasteiger partial charge in [0, 0.05) is 16.2 Å². The van der Waals surface area contributed by atoms with Crippen LogP contribution in [0.25, 0.3) is 0 Å². The fraction of sp³-hybridized carbons (Fsp3) is 0.286. The molecule has 17 heavy (non-hydrogen) atoms. The lowest BCUT2D eigenvalue weighted by Crippen LogP contribution is -2.19. The molecule has 1 aromatic heterocycles. The summed E-state index contributed by atoms with van der Waals surface area (Å²) in [4.78, 5) is 3.05. The van der Waals surface area contributed by atoms with Gasteiger partial charge in [-0.25, -0.2) is 13.4 Å². The first-order chi connectivity index (χ1) is 7.50. The van der Waals surface area contributed by atoms with Crippen molar-refractivity contribution in [2.45, 2.75) is 18.2 Å². The molecule has 0 atom stereocenters. The predicted molar refractivity (Wildman–Crippen MR) is 61.4 cm³/mol. The maximum absolute atomic E-state index is 12.0. The number of halogens is 5. The van der Waals surface area contributed by atoms with E-state index in [-0.39, 0.29) is 14.2 Å². The molecule has 0 aliphatic rings. The van der Waals surface area contributed by atoms with Crippen molar-refractivity contribution in [3.63, 3.8) is 0 Å². The van der Waals surface area contributed by atoms with Crippen molar-refractivity contribution < 1.29 is 26.3 Å². The Kier molecular flexibility index (Phi) is 4.14. The van der Waals surface area contributed by atoms with Gasteiger partial charge < -0.3 is 4.74 Å². The number of hydrogen-bond acceptors (Lipinski definition) is 4. The van der Waals surface area contributed by atoms with Crippen molar-refractivity contribution in [3.05, 3.63) is 15.3 Å². The van der Waals surface area contributed by atoms with E-state index in [0.29, 0.717) is 0 Å². The van der Waals surface area contributed by atoms with Crippen molar-refractivity contribution in [1.29, 1.82) is 0 Å². The SMILES string of the molecule is Cc1cc(S(=O)(=O)Cl)c(I)nc1OC(F)(F)F. The second-order valence-electron chi connectivity index (χ2n) is 2.89. The Morgan fingerprint density at radius 3 is 2.41 bits per heavy atom. The summed E-state index contributed by atoms with van der Waals surface area (Å²) < 4.78 is 61.5. The second-order valence-corrected chi connectivity index (χ2v) is 6.44. The molecule has 0 saturated heterocycles. The van der Waals surface area contributed by atoms with Crippen LogP contribution in [0.5, 0.6) is 5.88 Å². The van der Waals surface area contributed by atoms with Crippen molar-refractivity contribution in [2.75, 3.05) is 0 Å². The summed E-state index contributed by atoms with van der Waals surface area (Å²) in [5.41, 5.74) is -0.0815. The Hall–Kier alpha value is -0.290. The van der Waals surface area contributed by atoms with E-state index in [0.717, 1.165) is 6.07 Å². The summed E-state index contributed by atoms with van der Waals surface area (Å²) in [6.45, 7) is 1.23. The molecule has 0 aliphatic carbocycles. The summed E-state index contributed by atoms with van der Waals surface area (Å²) in [6, 6.07) is 0.970. The van der Waals surface area contributed by atoms with E-state index in [1.165, 1.54) is 29.5 Å². The first-order valence-corrected chi connectivity index (χ1v) is 7.27. The average Bonchev–Trinajstić information content (AvgIpc) is 2.06. The van der Waals surface area contributed by atoms with Gasteiger partial charge in [0.2, 0.25) is 5.88 Å². The van der Waals surface area contributed by atoms with Crippen molar-refractivity contribution >= 4 is 42.3 Å². The normalized spacial score (nSPS) is 12.6. The molecule has 1 aromatic rings. The average molecular weight is 402 g/mol. The third kappa shape index (κ3) is 4.14. The van der Waals surface area contributed by atoms with Crippen LogP contribution < -0.4 is 4.74 Å². The van der Waals surface area contributed by atoms with Gasteiger partial charge in [-0.3, -0.25) is 0 Å². The monoisotopic (exact) mass is 401 g/mol. The van der Waals surface area contributed by atoms with Gasteiger partial charge in [0.1, 0.15) is 8.60 Å². The van der Waals surface area contributed by atoms with Crippen LogP contribution in [0.4, 0.5) is 13.2 Å². The number of alkyl halides is 3. The van der Waals surface area contributed by atoms with E-state index >= 15 is 0 Å². The van der Waals surface area contributed by atoms with Crippen LogP contribution in [0, 0.1) is 10.6 Å². The van der Waals surface area contributed by atoms with E-state index in [1.807, 2.05) is 0 Å². The number of aryl methyl sites for hydroxylation is 1. The highest BCUT2D eigenvalue weighted by Gasteiger charge is 2.33. The highest BCUT2D eigenvalue weighted by atomic mass is 127. The summed E-state index contributed by atoms with van der Waals surface area (Å²) >= 11 is 1.46. The van der Waals surface area contributed by atoms with Gasteiger partial charge in [-0.15, -0.1) is 13.2 Å². The highest BCUT2D eigenvalue weighted by Crippen LogP contribution is 2.29. The predicted octanol–water partition coefficient (Wildman–Crippen LogP) is 2.82. The molecule has 0 fully saturated rings. The van der Waals surface area contributed by atoms with E-state index in [9.17, 15) is 21.6 Å². The molecule has 0 spiro atoms. The van der Waals surface area contributed by atoms with Crippen LogP contribution in [0.2, 0.25) is 0 Å². The van der Waals surface area contributed by atoms with Crippen LogP contribution in [-0.2, 0) is 9.05 Å². The Bertz CT molecular complexity index is 546. The lowest BCUT2D eigenvalue weighted by atomic mass is 10.3.